The zero-order valence-electron chi connectivity index (χ0n) is 19.9. The van der Waals surface area contributed by atoms with Crippen LogP contribution in [0, 0.1) is 6.92 Å². The minimum Gasteiger partial charge on any atom is -0.288 e. The minimum atomic E-state index is -4.41. The van der Waals surface area contributed by atoms with Crippen LogP contribution in [-0.4, -0.2) is 0 Å². The number of hydrogen-bond donors (Lipinski definition) is 0. The van der Waals surface area contributed by atoms with Gasteiger partial charge in [0.15, 0.2) is 0 Å². The van der Waals surface area contributed by atoms with Crippen LogP contribution in [0.5, 0.6) is 0 Å². The molecule has 0 saturated carbocycles. The Morgan fingerprint density at radius 3 is 1.42 bits per heavy atom. The topological polar surface area (TPSA) is 34.1 Å². The van der Waals surface area contributed by atoms with Crippen LogP contribution in [0.15, 0.2) is 94.5 Å². The fourth-order valence-electron chi connectivity index (χ4n) is 5.37. The number of alkyl halides is 3. The van der Waals surface area contributed by atoms with Crippen molar-refractivity contribution < 1.29 is 13.2 Å². The normalized spacial score (nSPS) is 12.4. The lowest BCUT2D eigenvalue weighted by atomic mass is 10.0. The standard InChI is InChI=1S/C32H17F3O2S/c1-16-2-4-17(5-3-16)19-8-12-22-24(14-19)28(36)30-26(22)27-23-13-9-20(15-25(23)29(37)31(27)38-30)18-6-10-21(11-7-18)32(33,34)35/h2-15H,1H3. The Morgan fingerprint density at radius 1 is 0.553 bits per heavy atom. The van der Waals surface area contributed by atoms with Gasteiger partial charge in [-0.3, -0.25) is 9.59 Å². The highest BCUT2D eigenvalue weighted by atomic mass is 32.1. The maximum absolute atomic E-state index is 13.4. The van der Waals surface area contributed by atoms with Crippen molar-refractivity contribution in [1.29, 1.82) is 0 Å². The van der Waals surface area contributed by atoms with Crippen LogP contribution in [-0.2, 0) is 6.18 Å². The van der Waals surface area contributed by atoms with E-state index in [4.69, 9.17) is 0 Å². The van der Waals surface area contributed by atoms with Gasteiger partial charge in [0.2, 0.25) is 10.9 Å². The summed E-state index contributed by atoms with van der Waals surface area (Å²) in [6.45, 7) is 2.03. The number of halogens is 3. The van der Waals surface area contributed by atoms with E-state index in [2.05, 4.69) is 0 Å². The van der Waals surface area contributed by atoms with E-state index in [0.29, 0.717) is 31.3 Å². The molecule has 0 aliphatic rings. The molecule has 6 aromatic carbocycles. The summed E-state index contributed by atoms with van der Waals surface area (Å²) in [4.78, 5) is 26.8. The van der Waals surface area contributed by atoms with Gasteiger partial charge in [0, 0.05) is 21.5 Å². The molecule has 0 amide bonds. The van der Waals surface area contributed by atoms with Crippen LogP contribution in [0.2, 0.25) is 0 Å². The van der Waals surface area contributed by atoms with Crippen molar-refractivity contribution >= 4 is 53.1 Å². The molecule has 7 aromatic rings. The summed E-state index contributed by atoms with van der Waals surface area (Å²) in [6, 6.07) is 24.3. The minimum absolute atomic E-state index is 0.0703. The first kappa shape index (κ1) is 22.9. The predicted octanol–water partition coefficient (Wildman–Crippen LogP) is 8.62. The smallest absolute Gasteiger partial charge is 0.288 e. The highest BCUT2D eigenvalue weighted by molar-refractivity contribution is 7.26. The van der Waals surface area contributed by atoms with Gasteiger partial charge in [-0.05, 0) is 64.2 Å². The Bertz CT molecular complexity index is 2140. The van der Waals surface area contributed by atoms with E-state index in [0.717, 1.165) is 50.4 Å². The summed E-state index contributed by atoms with van der Waals surface area (Å²) in [5, 5.41) is 4.29. The molecular formula is C32H17F3O2S. The molecule has 0 spiro atoms. The second kappa shape index (κ2) is 7.85. The lowest BCUT2D eigenvalue weighted by Gasteiger charge is -2.08. The summed E-state index contributed by atoms with van der Waals surface area (Å²) < 4.78 is 40.0. The number of thiophene rings is 1. The number of rotatable bonds is 2. The molecule has 1 heterocycles. The van der Waals surface area contributed by atoms with Crippen LogP contribution in [0.25, 0.3) is 64.0 Å². The van der Waals surface area contributed by atoms with Gasteiger partial charge < -0.3 is 0 Å². The number of hydrogen-bond acceptors (Lipinski definition) is 3. The Morgan fingerprint density at radius 2 is 0.974 bits per heavy atom. The summed E-state index contributed by atoms with van der Waals surface area (Å²) in [5.74, 6) is 0. The summed E-state index contributed by atoms with van der Waals surface area (Å²) in [7, 11) is 0. The Labute approximate surface area is 217 Å². The monoisotopic (exact) mass is 522 g/mol. The van der Waals surface area contributed by atoms with Gasteiger partial charge in [0.05, 0.1) is 15.0 Å². The van der Waals surface area contributed by atoms with Gasteiger partial charge in [-0.15, -0.1) is 11.3 Å². The van der Waals surface area contributed by atoms with Crippen LogP contribution < -0.4 is 10.9 Å². The van der Waals surface area contributed by atoms with Crippen molar-refractivity contribution in [2.75, 3.05) is 0 Å². The molecule has 0 fully saturated rings. The first-order valence-electron chi connectivity index (χ1n) is 12.0. The van der Waals surface area contributed by atoms with E-state index in [9.17, 15) is 22.8 Å². The molecule has 0 aliphatic heterocycles. The van der Waals surface area contributed by atoms with E-state index in [1.165, 1.54) is 23.5 Å². The largest absolute Gasteiger partial charge is 0.416 e. The maximum atomic E-state index is 13.4. The van der Waals surface area contributed by atoms with E-state index in [1.54, 1.807) is 6.07 Å². The molecule has 0 atom stereocenters. The highest BCUT2D eigenvalue weighted by Gasteiger charge is 2.30. The summed E-state index contributed by atoms with van der Waals surface area (Å²) >= 11 is 1.23. The molecule has 0 N–H and O–H groups in total. The first-order valence-corrected chi connectivity index (χ1v) is 12.8. The van der Waals surface area contributed by atoms with Crippen LogP contribution in [0.4, 0.5) is 13.2 Å². The summed E-state index contributed by atoms with van der Waals surface area (Å²) in [5.41, 5.74) is 3.46. The molecule has 0 bridgehead atoms. The van der Waals surface area contributed by atoms with Crippen LogP contribution in [0.1, 0.15) is 11.1 Å². The molecule has 6 heteroatoms. The predicted molar refractivity (Wildman–Crippen MR) is 150 cm³/mol. The molecule has 7 rings (SSSR count). The Balaban J connectivity index is 1.42. The molecule has 184 valence electrons. The number of benzene rings is 4. The van der Waals surface area contributed by atoms with Gasteiger partial charge >= 0.3 is 6.18 Å². The van der Waals surface area contributed by atoms with Gasteiger partial charge in [-0.25, -0.2) is 0 Å². The highest BCUT2D eigenvalue weighted by Crippen LogP contribution is 2.42. The molecular weight excluding hydrogens is 505 g/mol. The van der Waals surface area contributed by atoms with E-state index in [1.807, 2.05) is 61.5 Å². The fourth-order valence-corrected chi connectivity index (χ4v) is 6.60. The van der Waals surface area contributed by atoms with Gasteiger partial charge in [-0.1, -0.05) is 66.2 Å². The molecule has 38 heavy (non-hydrogen) atoms. The van der Waals surface area contributed by atoms with Crippen molar-refractivity contribution in [2.45, 2.75) is 13.1 Å². The van der Waals surface area contributed by atoms with Crippen LogP contribution >= 0.6 is 11.3 Å². The van der Waals surface area contributed by atoms with Crippen molar-refractivity contribution in [3.63, 3.8) is 0 Å². The Kier molecular flexibility index (Phi) is 4.73. The van der Waals surface area contributed by atoms with Crippen LogP contribution in [0.3, 0.4) is 0 Å². The average molecular weight is 523 g/mol. The lowest BCUT2D eigenvalue weighted by molar-refractivity contribution is -0.137. The van der Waals surface area contributed by atoms with E-state index >= 15 is 0 Å². The first-order chi connectivity index (χ1) is 18.2. The molecule has 0 unspecified atom stereocenters. The quantitative estimate of drug-likeness (QED) is 0.228. The molecule has 0 radical (unpaired) electrons. The Hall–Kier alpha value is -4.29. The third-order valence-electron chi connectivity index (χ3n) is 7.32. The van der Waals surface area contributed by atoms with Crippen molar-refractivity contribution in [3.05, 3.63) is 117 Å². The fraction of sp³-hybridized carbons (Fsp3) is 0.0625. The number of fused-ring (bicyclic) bond motifs is 7. The zero-order valence-corrected chi connectivity index (χ0v) is 20.8. The summed E-state index contributed by atoms with van der Waals surface area (Å²) in [6.07, 6.45) is -4.41. The number of aryl methyl sites for hydroxylation is 1. The molecule has 1 aromatic heterocycles. The second-order valence-electron chi connectivity index (χ2n) is 9.63. The van der Waals surface area contributed by atoms with Crippen molar-refractivity contribution in [3.8, 4) is 22.3 Å². The third-order valence-corrected chi connectivity index (χ3v) is 8.51. The second-order valence-corrected chi connectivity index (χ2v) is 10.7. The zero-order chi connectivity index (χ0) is 26.3. The average Bonchev–Trinajstić information content (AvgIpc) is 3.52. The van der Waals surface area contributed by atoms with E-state index < -0.39 is 11.7 Å². The van der Waals surface area contributed by atoms with E-state index in [-0.39, 0.29) is 10.9 Å². The molecule has 0 aliphatic carbocycles. The SMILES string of the molecule is Cc1ccc(-c2ccc3c(c2)c(=O)c2sc4c(=O)c5cc(-c6ccc(C(F)(F)F)cc6)ccc5c4c23)cc1. The van der Waals surface area contributed by atoms with Crippen molar-refractivity contribution in [1.82, 2.24) is 0 Å². The van der Waals surface area contributed by atoms with Crippen molar-refractivity contribution in [2.24, 2.45) is 0 Å². The third kappa shape index (κ3) is 3.26. The molecule has 0 saturated heterocycles. The maximum Gasteiger partial charge on any atom is 0.416 e. The molecule has 2 nitrogen and oxygen atoms in total. The van der Waals surface area contributed by atoms with Gasteiger partial charge in [0.1, 0.15) is 0 Å². The van der Waals surface area contributed by atoms with Gasteiger partial charge in [-0.2, -0.15) is 13.2 Å². The lowest BCUT2D eigenvalue weighted by Crippen LogP contribution is -2.04. The van der Waals surface area contributed by atoms with Gasteiger partial charge in [0.25, 0.3) is 0 Å².